The molecular weight excluding hydrogens is 492 g/mol. The molecule has 0 unspecified atom stereocenters. The number of fused-ring (bicyclic) bond motifs is 6. The van der Waals surface area contributed by atoms with Gasteiger partial charge in [0.25, 0.3) is 0 Å². The molecule has 38 heavy (non-hydrogen) atoms. The van der Waals surface area contributed by atoms with Crippen molar-refractivity contribution >= 4 is 45.1 Å². The average molecular weight is 519 g/mol. The summed E-state index contributed by atoms with van der Waals surface area (Å²) in [6.07, 6.45) is 3.70. The van der Waals surface area contributed by atoms with Crippen molar-refractivity contribution in [3.63, 3.8) is 0 Å². The Bertz CT molecular complexity index is 1550. The van der Waals surface area contributed by atoms with Crippen molar-refractivity contribution in [2.24, 2.45) is 22.7 Å². The van der Waals surface area contributed by atoms with Gasteiger partial charge in [-0.1, -0.05) is 60.7 Å². The van der Waals surface area contributed by atoms with Crippen molar-refractivity contribution in [2.45, 2.75) is 39.5 Å². The lowest BCUT2D eigenvalue weighted by Crippen LogP contribution is -2.40. The Labute approximate surface area is 225 Å². The van der Waals surface area contributed by atoms with Crippen LogP contribution in [0.15, 0.2) is 60.7 Å². The summed E-state index contributed by atoms with van der Waals surface area (Å²) in [7, 11) is 0. The van der Waals surface area contributed by atoms with Gasteiger partial charge in [0.05, 0.1) is 28.2 Å². The fourth-order valence-electron chi connectivity index (χ4n) is 7.83. The molecular formula is C32H26N2O3S. The van der Waals surface area contributed by atoms with Gasteiger partial charge in [-0.3, -0.25) is 14.4 Å². The molecule has 0 spiro atoms. The first-order valence-corrected chi connectivity index (χ1v) is 14.0. The number of rotatable bonds is 3. The van der Waals surface area contributed by atoms with Crippen LogP contribution in [0.4, 0.5) is 5.00 Å². The number of thiophene rings is 1. The minimum atomic E-state index is -1.16. The first-order chi connectivity index (χ1) is 18.3. The van der Waals surface area contributed by atoms with Crippen molar-refractivity contribution in [1.29, 1.82) is 5.26 Å². The van der Waals surface area contributed by atoms with Crippen molar-refractivity contribution < 1.29 is 14.4 Å². The molecule has 4 atom stereocenters. The Kier molecular flexibility index (Phi) is 4.81. The molecule has 188 valence electrons. The molecule has 4 aliphatic rings. The Morgan fingerprint density at radius 2 is 1.32 bits per heavy atom. The zero-order chi connectivity index (χ0) is 26.4. The van der Waals surface area contributed by atoms with Gasteiger partial charge in [-0.2, -0.15) is 5.26 Å². The number of hydrogen-bond acceptors (Lipinski definition) is 5. The fourth-order valence-corrected chi connectivity index (χ4v) is 9.18. The largest absolute Gasteiger partial charge is 0.298 e. The molecule has 2 bridgehead atoms. The van der Waals surface area contributed by atoms with Gasteiger partial charge in [0.15, 0.2) is 5.78 Å². The van der Waals surface area contributed by atoms with E-state index in [2.05, 4.69) is 6.07 Å². The normalized spacial score (nSPS) is 29.6. The van der Waals surface area contributed by atoms with Gasteiger partial charge < -0.3 is 0 Å². The number of benzene rings is 2. The molecule has 2 amide bonds. The summed E-state index contributed by atoms with van der Waals surface area (Å²) in [5, 5.41) is 10.5. The molecule has 1 saturated heterocycles. The van der Waals surface area contributed by atoms with Crippen LogP contribution in [0.5, 0.6) is 0 Å². The van der Waals surface area contributed by atoms with Crippen LogP contribution in [-0.4, -0.2) is 17.6 Å². The number of carbonyl (C=O) groups excluding carboxylic acids is 3. The van der Waals surface area contributed by atoms with Gasteiger partial charge in [-0.25, -0.2) is 4.90 Å². The number of allylic oxidation sites excluding steroid dienone is 2. The van der Waals surface area contributed by atoms with E-state index in [-0.39, 0.29) is 17.6 Å². The number of imide groups is 1. The lowest BCUT2D eigenvalue weighted by Gasteiger charge is -2.35. The van der Waals surface area contributed by atoms with Gasteiger partial charge in [0, 0.05) is 4.88 Å². The number of aryl methyl sites for hydroxylation is 1. The molecule has 1 saturated carbocycles. The van der Waals surface area contributed by atoms with Crippen molar-refractivity contribution in [2.75, 3.05) is 4.90 Å². The molecule has 2 fully saturated rings. The number of amides is 2. The molecule has 3 aromatic rings. The van der Waals surface area contributed by atoms with Crippen molar-refractivity contribution in [3.05, 3.63) is 87.8 Å². The first-order valence-electron chi connectivity index (χ1n) is 13.2. The van der Waals surface area contributed by atoms with E-state index in [0.717, 1.165) is 58.4 Å². The zero-order valence-corrected chi connectivity index (χ0v) is 22.1. The summed E-state index contributed by atoms with van der Waals surface area (Å²) >= 11 is 1.41. The van der Waals surface area contributed by atoms with E-state index in [1.54, 1.807) is 0 Å². The lowest BCUT2D eigenvalue weighted by molar-refractivity contribution is -0.133. The van der Waals surface area contributed by atoms with Crippen molar-refractivity contribution in [1.82, 2.24) is 0 Å². The third-order valence-electron chi connectivity index (χ3n) is 9.37. The number of ketones is 1. The molecule has 1 aliphatic heterocycles. The minimum absolute atomic E-state index is 0.0648. The molecule has 3 aliphatic carbocycles. The number of Topliss-reactive ketones (excluding diaryl/α,β-unsaturated/α-hetero) is 1. The maximum absolute atomic E-state index is 14.4. The zero-order valence-electron chi connectivity index (χ0n) is 21.3. The number of anilines is 1. The summed E-state index contributed by atoms with van der Waals surface area (Å²) < 4.78 is 0. The first kappa shape index (κ1) is 23.3. The van der Waals surface area contributed by atoms with E-state index in [1.165, 1.54) is 16.2 Å². The summed E-state index contributed by atoms with van der Waals surface area (Å²) in [5.41, 5.74) is 2.61. The standard InChI is InChI=1S/C32H26N2O3S/c1-31-23(18-11-5-3-6-12-18)24(19-13-7-4-8-14-19)32(2,30(31)37)26-25(31)27(35)34(28(26)36)29-21(17-33)20-15-9-10-16-22(20)38-29/h3-8,11-14,25-26H,9-10,15-16H2,1-2H3/t25-,26-,31-,32+/m1/s1. The highest BCUT2D eigenvalue weighted by atomic mass is 32.1. The van der Waals surface area contributed by atoms with Crippen LogP contribution in [0.3, 0.4) is 0 Å². The second kappa shape index (κ2) is 7.85. The molecule has 2 aromatic carbocycles. The second-order valence-corrected chi connectivity index (χ2v) is 12.3. The molecule has 2 heterocycles. The Morgan fingerprint density at radius 3 is 1.82 bits per heavy atom. The molecule has 7 rings (SSSR count). The van der Waals surface area contributed by atoms with E-state index in [0.29, 0.717) is 10.6 Å². The van der Waals surface area contributed by atoms with Crippen LogP contribution in [-0.2, 0) is 27.2 Å². The highest BCUT2D eigenvalue weighted by Crippen LogP contribution is 2.73. The number of nitrogens with zero attached hydrogens (tertiary/aromatic N) is 2. The maximum Gasteiger partial charge on any atom is 0.239 e. The third kappa shape index (κ3) is 2.62. The SMILES string of the molecule is C[C@]12C(=O)[C@](C)(C(c3ccccc3)=C1c1ccccc1)[C@H]1C(=O)N(c3sc4c(c3C#N)CCCC4)C(=O)[C@@H]12. The molecule has 6 heteroatoms. The Morgan fingerprint density at radius 1 is 0.816 bits per heavy atom. The van der Waals surface area contributed by atoms with E-state index < -0.39 is 22.7 Å². The van der Waals surface area contributed by atoms with Gasteiger partial charge in [-0.15, -0.1) is 11.3 Å². The van der Waals surface area contributed by atoms with Crippen LogP contribution in [0.25, 0.3) is 11.1 Å². The number of hydrogen-bond donors (Lipinski definition) is 0. The van der Waals surface area contributed by atoms with E-state index in [9.17, 15) is 19.6 Å². The maximum atomic E-state index is 14.4. The van der Waals surface area contributed by atoms with E-state index >= 15 is 0 Å². The van der Waals surface area contributed by atoms with Crippen LogP contribution in [0.2, 0.25) is 0 Å². The predicted octanol–water partition coefficient (Wildman–Crippen LogP) is 5.82. The summed E-state index contributed by atoms with van der Waals surface area (Å²) in [6, 6.07) is 21.9. The van der Waals surface area contributed by atoms with Gasteiger partial charge in [0.1, 0.15) is 11.1 Å². The monoisotopic (exact) mass is 518 g/mol. The second-order valence-electron chi connectivity index (χ2n) is 11.2. The highest BCUT2D eigenvalue weighted by Gasteiger charge is 2.79. The van der Waals surface area contributed by atoms with Gasteiger partial charge in [-0.05, 0) is 67.4 Å². The van der Waals surface area contributed by atoms with Crippen LogP contribution >= 0.6 is 11.3 Å². The molecule has 0 radical (unpaired) electrons. The summed E-state index contributed by atoms with van der Waals surface area (Å²) in [4.78, 5) is 45.4. The quantitative estimate of drug-likeness (QED) is 0.409. The molecule has 1 aromatic heterocycles. The van der Waals surface area contributed by atoms with Crippen molar-refractivity contribution in [3.8, 4) is 6.07 Å². The number of nitriles is 1. The Hall–Kier alpha value is -3.82. The van der Waals surface area contributed by atoms with Gasteiger partial charge in [0.2, 0.25) is 11.8 Å². The summed E-state index contributed by atoms with van der Waals surface area (Å²) in [5.74, 6) is -2.38. The lowest BCUT2D eigenvalue weighted by atomic mass is 9.63. The third-order valence-corrected chi connectivity index (χ3v) is 10.7. The highest BCUT2D eigenvalue weighted by molar-refractivity contribution is 7.17. The smallest absolute Gasteiger partial charge is 0.239 e. The topological polar surface area (TPSA) is 78.2 Å². The Balaban J connectivity index is 1.46. The fraction of sp³-hybridized carbons (Fsp3) is 0.312. The number of carbonyl (C=O) groups is 3. The molecule has 0 N–H and O–H groups in total. The average Bonchev–Trinajstić information content (AvgIpc) is 3.55. The predicted molar refractivity (Wildman–Crippen MR) is 146 cm³/mol. The van der Waals surface area contributed by atoms with Crippen LogP contribution in [0, 0.1) is 34.0 Å². The van der Waals surface area contributed by atoms with Crippen LogP contribution < -0.4 is 4.90 Å². The van der Waals surface area contributed by atoms with E-state index in [1.807, 2.05) is 74.5 Å². The van der Waals surface area contributed by atoms with Gasteiger partial charge >= 0.3 is 0 Å². The van der Waals surface area contributed by atoms with Crippen LogP contribution in [0.1, 0.15) is 53.8 Å². The van der Waals surface area contributed by atoms with E-state index in [4.69, 9.17) is 0 Å². The molecule has 5 nitrogen and oxygen atoms in total. The summed E-state index contributed by atoms with van der Waals surface area (Å²) in [6.45, 7) is 3.71. The minimum Gasteiger partial charge on any atom is -0.298 e.